The minimum atomic E-state index is -1.00. The van der Waals surface area contributed by atoms with E-state index in [9.17, 15) is 18.0 Å². The Morgan fingerprint density at radius 3 is 2.15 bits per heavy atom. The molecular formula is C14H8ClF3O2. The minimum Gasteiger partial charge on any atom is -0.481 e. The number of carbonyl (C=O) groups excluding carboxylic acids is 1. The molecule has 0 atom stereocenters. The van der Waals surface area contributed by atoms with Crippen LogP contribution in [0.3, 0.4) is 0 Å². The summed E-state index contributed by atoms with van der Waals surface area (Å²) in [7, 11) is 0. The number of benzene rings is 2. The molecule has 0 spiro atoms. The maximum atomic E-state index is 13.4. The number of ketones is 1. The molecule has 0 saturated carbocycles. The van der Waals surface area contributed by atoms with Crippen molar-refractivity contribution in [1.82, 2.24) is 0 Å². The van der Waals surface area contributed by atoms with Crippen molar-refractivity contribution in [3.8, 4) is 5.75 Å². The van der Waals surface area contributed by atoms with Crippen molar-refractivity contribution in [2.24, 2.45) is 0 Å². The molecule has 0 aliphatic carbocycles. The number of hydrogen-bond donors (Lipinski definition) is 0. The van der Waals surface area contributed by atoms with Crippen molar-refractivity contribution < 1.29 is 22.7 Å². The van der Waals surface area contributed by atoms with E-state index >= 15 is 0 Å². The van der Waals surface area contributed by atoms with Crippen LogP contribution in [-0.2, 0) is 0 Å². The van der Waals surface area contributed by atoms with Crippen molar-refractivity contribution in [3.63, 3.8) is 0 Å². The van der Waals surface area contributed by atoms with E-state index in [-0.39, 0.29) is 10.8 Å². The molecule has 0 unspecified atom stereocenters. The molecule has 6 heteroatoms. The predicted octanol–water partition coefficient (Wildman–Crippen LogP) is 4.02. The fourth-order valence-corrected chi connectivity index (χ4v) is 1.81. The molecule has 0 bridgehead atoms. The van der Waals surface area contributed by atoms with Crippen LogP contribution < -0.4 is 4.74 Å². The minimum absolute atomic E-state index is 0.0354. The zero-order valence-electron chi connectivity index (χ0n) is 10.00. The number of Topliss-reactive ketones (excluding diaryl/α,β-unsaturated/α-hetero) is 1. The van der Waals surface area contributed by atoms with E-state index in [0.717, 1.165) is 24.3 Å². The van der Waals surface area contributed by atoms with Gasteiger partial charge in [-0.1, -0.05) is 23.7 Å². The van der Waals surface area contributed by atoms with Crippen molar-refractivity contribution in [2.75, 3.05) is 6.61 Å². The number of rotatable bonds is 4. The van der Waals surface area contributed by atoms with E-state index < -0.39 is 35.4 Å². The van der Waals surface area contributed by atoms with Gasteiger partial charge in [-0.3, -0.25) is 4.79 Å². The molecule has 0 fully saturated rings. The Hall–Kier alpha value is -2.01. The second-order valence-electron chi connectivity index (χ2n) is 3.86. The average molecular weight is 301 g/mol. The largest absolute Gasteiger partial charge is 0.481 e. The highest BCUT2D eigenvalue weighted by molar-refractivity contribution is 6.32. The van der Waals surface area contributed by atoms with Crippen LogP contribution in [0, 0.1) is 17.5 Å². The topological polar surface area (TPSA) is 26.3 Å². The summed E-state index contributed by atoms with van der Waals surface area (Å²) in [6.07, 6.45) is 0. The molecule has 0 heterocycles. The summed E-state index contributed by atoms with van der Waals surface area (Å²) < 4.78 is 45.0. The van der Waals surface area contributed by atoms with Crippen LogP contribution in [0.15, 0.2) is 36.4 Å². The van der Waals surface area contributed by atoms with Gasteiger partial charge in [0.1, 0.15) is 11.6 Å². The van der Waals surface area contributed by atoms with Crippen LogP contribution in [0.5, 0.6) is 5.75 Å². The molecule has 104 valence electrons. The zero-order chi connectivity index (χ0) is 14.7. The number of halogens is 4. The average Bonchev–Trinajstić information content (AvgIpc) is 2.38. The first-order valence-corrected chi connectivity index (χ1v) is 5.92. The Kier molecular flexibility index (Phi) is 4.29. The van der Waals surface area contributed by atoms with Crippen molar-refractivity contribution in [2.45, 2.75) is 0 Å². The van der Waals surface area contributed by atoms with Crippen LogP contribution >= 0.6 is 11.6 Å². The second-order valence-corrected chi connectivity index (χ2v) is 4.27. The first-order valence-electron chi connectivity index (χ1n) is 5.54. The lowest BCUT2D eigenvalue weighted by molar-refractivity contribution is 0.0910. The standard InChI is InChI=1S/C14H8ClF3O2/c15-8-3-1-6-11(18)14(8)20-7-12(19)13-9(16)4-2-5-10(13)17/h1-6H,7H2. The van der Waals surface area contributed by atoms with Gasteiger partial charge in [0.2, 0.25) is 5.78 Å². The lowest BCUT2D eigenvalue weighted by Gasteiger charge is -2.09. The van der Waals surface area contributed by atoms with Gasteiger partial charge in [0, 0.05) is 0 Å². The van der Waals surface area contributed by atoms with Crippen LogP contribution in [-0.4, -0.2) is 12.4 Å². The molecule has 0 saturated heterocycles. The number of carbonyl (C=O) groups is 1. The van der Waals surface area contributed by atoms with Gasteiger partial charge in [-0.15, -0.1) is 0 Å². The van der Waals surface area contributed by atoms with Crippen LogP contribution in [0.2, 0.25) is 5.02 Å². The van der Waals surface area contributed by atoms with E-state index in [1.165, 1.54) is 12.1 Å². The molecule has 0 N–H and O–H groups in total. The third-order valence-electron chi connectivity index (χ3n) is 2.51. The normalized spacial score (nSPS) is 10.4. The molecule has 0 aliphatic rings. The van der Waals surface area contributed by atoms with Gasteiger partial charge < -0.3 is 4.74 Å². The highest BCUT2D eigenvalue weighted by Crippen LogP contribution is 2.27. The number of ether oxygens (including phenoxy) is 1. The Balaban J connectivity index is 2.17. The molecule has 2 aromatic carbocycles. The molecule has 0 amide bonds. The van der Waals surface area contributed by atoms with Crippen molar-refractivity contribution in [3.05, 3.63) is 64.4 Å². The maximum Gasteiger partial charge on any atom is 0.206 e. The Bertz CT molecular complexity index is 618. The Morgan fingerprint density at radius 2 is 1.55 bits per heavy atom. The lowest BCUT2D eigenvalue weighted by atomic mass is 10.1. The Labute approximate surface area is 117 Å². The fourth-order valence-electron chi connectivity index (χ4n) is 1.59. The van der Waals surface area contributed by atoms with E-state index in [2.05, 4.69) is 0 Å². The lowest BCUT2D eigenvalue weighted by Crippen LogP contribution is -2.15. The molecular weight excluding hydrogens is 293 g/mol. The highest BCUT2D eigenvalue weighted by Gasteiger charge is 2.18. The number of para-hydroxylation sites is 1. The van der Waals surface area contributed by atoms with Crippen molar-refractivity contribution in [1.29, 1.82) is 0 Å². The Morgan fingerprint density at radius 1 is 1.00 bits per heavy atom. The van der Waals surface area contributed by atoms with Gasteiger partial charge in [-0.05, 0) is 24.3 Å². The van der Waals surface area contributed by atoms with Gasteiger partial charge in [0.15, 0.2) is 18.2 Å². The van der Waals surface area contributed by atoms with Gasteiger partial charge in [-0.25, -0.2) is 13.2 Å². The fraction of sp³-hybridized carbons (Fsp3) is 0.0714. The summed E-state index contributed by atoms with van der Waals surface area (Å²) in [6.45, 7) is -0.724. The smallest absolute Gasteiger partial charge is 0.206 e. The third-order valence-corrected chi connectivity index (χ3v) is 2.81. The summed E-state index contributed by atoms with van der Waals surface area (Å²) in [4.78, 5) is 11.7. The van der Waals surface area contributed by atoms with E-state index in [4.69, 9.17) is 16.3 Å². The first kappa shape index (κ1) is 14.4. The highest BCUT2D eigenvalue weighted by atomic mass is 35.5. The van der Waals surface area contributed by atoms with Gasteiger partial charge in [0.25, 0.3) is 0 Å². The molecule has 0 radical (unpaired) electrons. The summed E-state index contributed by atoms with van der Waals surface area (Å²) in [5.74, 6) is -4.05. The summed E-state index contributed by atoms with van der Waals surface area (Å²) in [5.41, 5.74) is -0.722. The number of hydrogen-bond acceptors (Lipinski definition) is 2. The maximum absolute atomic E-state index is 13.4. The second kappa shape index (κ2) is 5.96. The third kappa shape index (κ3) is 2.93. The molecule has 2 rings (SSSR count). The van der Waals surface area contributed by atoms with E-state index in [1.807, 2.05) is 0 Å². The van der Waals surface area contributed by atoms with Crippen molar-refractivity contribution >= 4 is 17.4 Å². The predicted molar refractivity (Wildman–Crippen MR) is 67.6 cm³/mol. The molecule has 2 aromatic rings. The first-order chi connectivity index (χ1) is 9.50. The van der Waals surface area contributed by atoms with Gasteiger partial charge in [0.05, 0.1) is 10.6 Å². The van der Waals surface area contributed by atoms with Gasteiger partial charge >= 0.3 is 0 Å². The van der Waals surface area contributed by atoms with E-state index in [0.29, 0.717) is 0 Å². The molecule has 2 nitrogen and oxygen atoms in total. The SMILES string of the molecule is O=C(COc1c(F)cccc1Cl)c1c(F)cccc1F. The molecule has 0 aromatic heterocycles. The van der Waals surface area contributed by atoms with Crippen LogP contribution in [0.1, 0.15) is 10.4 Å². The summed E-state index contributed by atoms with van der Waals surface area (Å²) in [5, 5.41) is -0.0354. The monoisotopic (exact) mass is 300 g/mol. The molecule has 0 aliphatic heterocycles. The van der Waals surface area contributed by atoms with E-state index in [1.54, 1.807) is 0 Å². The van der Waals surface area contributed by atoms with Crippen LogP contribution in [0.4, 0.5) is 13.2 Å². The molecule has 20 heavy (non-hydrogen) atoms. The summed E-state index contributed by atoms with van der Waals surface area (Å²) >= 11 is 5.70. The van der Waals surface area contributed by atoms with Crippen LogP contribution in [0.25, 0.3) is 0 Å². The quantitative estimate of drug-likeness (QED) is 0.797. The zero-order valence-corrected chi connectivity index (χ0v) is 10.8. The van der Waals surface area contributed by atoms with Gasteiger partial charge in [-0.2, -0.15) is 0 Å². The summed E-state index contributed by atoms with van der Waals surface area (Å²) in [6, 6.07) is 6.86.